The highest BCUT2D eigenvalue weighted by atomic mass is 79.9. The molecular weight excluding hydrogens is 583 g/mol. The van der Waals surface area contributed by atoms with Gasteiger partial charge in [-0.3, -0.25) is 10.1 Å². The molecule has 0 saturated carbocycles. The molecule has 1 N–H and O–H groups in total. The molecule has 11 nitrogen and oxygen atoms in total. The first-order valence-corrected chi connectivity index (χ1v) is 13.4. The summed E-state index contributed by atoms with van der Waals surface area (Å²) in [6.45, 7) is 7.17. The molecule has 0 amide bonds. The predicted octanol–water partition coefficient (Wildman–Crippen LogP) is 5.94. The van der Waals surface area contributed by atoms with Gasteiger partial charge in [-0.15, -0.1) is 0 Å². The van der Waals surface area contributed by atoms with Crippen LogP contribution in [-0.2, 0) is 0 Å². The first-order chi connectivity index (χ1) is 18.9. The fraction of sp³-hybridized carbons (Fsp3) is 0.370. The summed E-state index contributed by atoms with van der Waals surface area (Å²) >= 11 is 3.48. The van der Waals surface area contributed by atoms with Crippen LogP contribution in [0.5, 0.6) is 5.75 Å². The third-order valence-corrected chi connectivity index (χ3v) is 7.07. The van der Waals surface area contributed by atoms with Crippen LogP contribution in [0.1, 0.15) is 25.7 Å². The smallest absolute Gasteiger partial charge is 0.294 e. The van der Waals surface area contributed by atoms with E-state index in [-0.39, 0.29) is 17.7 Å². The van der Waals surface area contributed by atoms with Gasteiger partial charge in [-0.25, -0.2) is 19.3 Å². The summed E-state index contributed by atoms with van der Waals surface area (Å²) in [7, 11) is 7.16. The Morgan fingerprint density at radius 2 is 1.90 bits per heavy atom. The highest BCUT2D eigenvalue weighted by Gasteiger charge is 2.23. The summed E-state index contributed by atoms with van der Waals surface area (Å²) in [5.74, 6) is 0.804. The van der Waals surface area contributed by atoms with Crippen molar-refractivity contribution in [2.24, 2.45) is 0 Å². The first kappa shape index (κ1) is 29.2. The Kier molecular flexibility index (Phi) is 8.54. The minimum Gasteiger partial charge on any atom is -0.494 e. The van der Waals surface area contributed by atoms with Gasteiger partial charge in [-0.2, -0.15) is 0 Å². The number of hydrogen-bond donors (Lipinski definition) is 1. The minimum atomic E-state index is -0.457. The number of benzene rings is 2. The van der Waals surface area contributed by atoms with Crippen molar-refractivity contribution in [3.63, 3.8) is 0 Å². The maximum Gasteiger partial charge on any atom is 0.294 e. The van der Waals surface area contributed by atoms with Crippen LogP contribution in [0.4, 0.5) is 27.4 Å². The molecule has 4 aromatic rings. The number of nitro benzene ring substituents is 1. The summed E-state index contributed by atoms with van der Waals surface area (Å²) in [6.07, 6.45) is 1.54. The molecule has 0 aliphatic heterocycles. The zero-order valence-electron chi connectivity index (χ0n) is 23.5. The number of methoxy groups -OCH3 is 1. The number of aromatic nitrogens is 4. The quantitative estimate of drug-likeness (QED) is 0.171. The summed E-state index contributed by atoms with van der Waals surface area (Å²) in [5, 5.41) is 15.0. The van der Waals surface area contributed by atoms with Crippen LogP contribution in [0.3, 0.4) is 0 Å². The maximum atomic E-state index is 15.2. The molecule has 212 valence electrons. The molecule has 0 saturated heterocycles. The van der Waals surface area contributed by atoms with E-state index in [4.69, 9.17) is 4.74 Å². The standard InChI is InChI=1S/C27H32BrFN8O3/c1-15(2)36-16(3)31-26-19(29)10-17(11-23(26)36)25-18(28)14-30-27(33-25)32-20-12-22(37(38)39)21(13-24(20)40-7)35(6)9-8-34(4)5/h10-15H,8-9H2,1-7H3,(H,30,32,33). The van der Waals surface area contributed by atoms with Gasteiger partial charge in [0, 0.05) is 50.1 Å². The zero-order valence-corrected chi connectivity index (χ0v) is 25.1. The van der Waals surface area contributed by atoms with Gasteiger partial charge in [0.15, 0.2) is 5.82 Å². The summed E-state index contributed by atoms with van der Waals surface area (Å²) < 4.78 is 23.2. The Bertz CT molecular complexity index is 1570. The summed E-state index contributed by atoms with van der Waals surface area (Å²) in [5.41, 5.74) is 2.59. The van der Waals surface area contributed by atoms with Crippen molar-refractivity contribution in [2.75, 3.05) is 51.6 Å². The summed E-state index contributed by atoms with van der Waals surface area (Å²) in [4.78, 5) is 28.7. The van der Waals surface area contributed by atoms with E-state index in [0.29, 0.717) is 50.4 Å². The molecular formula is C27H32BrFN8O3. The van der Waals surface area contributed by atoms with Crippen molar-refractivity contribution in [2.45, 2.75) is 26.8 Å². The van der Waals surface area contributed by atoms with E-state index < -0.39 is 10.7 Å². The highest BCUT2D eigenvalue weighted by molar-refractivity contribution is 9.10. The van der Waals surface area contributed by atoms with E-state index in [0.717, 1.165) is 12.4 Å². The number of anilines is 3. The summed E-state index contributed by atoms with van der Waals surface area (Å²) in [6, 6.07) is 6.34. The molecule has 2 aromatic carbocycles. The van der Waals surface area contributed by atoms with Crippen LogP contribution < -0.4 is 15.0 Å². The molecule has 0 aliphatic rings. The third kappa shape index (κ3) is 5.85. The Morgan fingerprint density at radius 1 is 1.18 bits per heavy atom. The molecule has 2 heterocycles. The number of ether oxygens (including phenoxy) is 1. The minimum absolute atomic E-state index is 0.0823. The van der Waals surface area contributed by atoms with E-state index in [2.05, 4.69) is 36.2 Å². The van der Waals surface area contributed by atoms with Crippen molar-refractivity contribution in [1.82, 2.24) is 24.4 Å². The number of nitrogens with zero attached hydrogens (tertiary/aromatic N) is 7. The van der Waals surface area contributed by atoms with Crippen molar-refractivity contribution in [1.29, 1.82) is 0 Å². The van der Waals surface area contributed by atoms with Crippen LogP contribution in [0.15, 0.2) is 34.9 Å². The zero-order chi connectivity index (χ0) is 29.3. The lowest BCUT2D eigenvalue weighted by Crippen LogP contribution is -2.28. The van der Waals surface area contributed by atoms with Gasteiger partial charge in [0.05, 0.1) is 33.4 Å². The molecule has 2 aromatic heterocycles. The predicted molar refractivity (Wildman–Crippen MR) is 158 cm³/mol. The Hall–Kier alpha value is -3.84. The number of nitro groups is 1. The van der Waals surface area contributed by atoms with Gasteiger partial charge < -0.3 is 24.4 Å². The van der Waals surface area contributed by atoms with Crippen LogP contribution in [-0.4, -0.2) is 70.7 Å². The molecule has 4 rings (SSSR count). The van der Waals surface area contributed by atoms with E-state index in [1.165, 1.54) is 19.2 Å². The topological polar surface area (TPSA) is 114 Å². The van der Waals surface area contributed by atoms with Crippen LogP contribution in [0.2, 0.25) is 0 Å². The lowest BCUT2D eigenvalue weighted by Gasteiger charge is -2.22. The largest absolute Gasteiger partial charge is 0.494 e. The van der Waals surface area contributed by atoms with Gasteiger partial charge in [-0.1, -0.05) is 0 Å². The van der Waals surface area contributed by atoms with E-state index >= 15 is 4.39 Å². The average Bonchev–Trinajstić information content (AvgIpc) is 3.24. The average molecular weight is 616 g/mol. The third-order valence-electron chi connectivity index (χ3n) is 6.49. The van der Waals surface area contributed by atoms with Gasteiger partial charge in [0.25, 0.3) is 5.69 Å². The number of fused-ring (bicyclic) bond motifs is 1. The van der Waals surface area contributed by atoms with E-state index in [1.807, 2.05) is 55.3 Å². The van der Waals surface area contributed by atoms with Gasteiger partial charge >= 0.3 is 0 Å². The number of likely N-dealkylation sites (N-methyl/N-ethyl adjacent to an activating group) is 2. The van der Waals surface area contributed by atoms with E-state index in [9.17, 15) is 10.1 Å². The molecule has 0 bridgehead atoms. The SMILES string of the molecule is COc1cc(N(C)CCN(C)C)c([N+](=O)[O-])cc1Nc1ncc(Br)c(-c2cc(F)c3nc(C)n(C(C)C)c3c2)n1. The fourth-order valence-corrected chi connectivity index (χ4v) is 4.97. The lowest BCUT2D eigenvalue weighted by molar-refractivity contribution is -0.384. The van der Waals surface area contributed by atoms with Crippen molar-refractivity contribution >= 4 is 50.0 Å². The van der Waals surface area contributed by atoms with Gasteiger partial charge in [0.1, 0.15) is 22.8 Å². The molecule has 0 radical (unpaired) electrons. The normalized spacial score (nSPS) is 11.5. The number of nitrogens with one attached hydrogen (secondary N) is 1. The second-order valence-corrected chi connectivity index (χ2v) is 10.8. The number of aryl methyl sites for hydroxylation is 1. The number of rotatable bonds is 10. The van der Waals surface area contributed by atoms with Crippen LogP contribution >= 0.6 is 15.9 Å². The second kappa shape index (κ2) is 11.7. The molecule has 0 spiro atoms. The number of halogens is 2. The van der Waals surface area contributed by atoms with Crippen LogP contribution in [0.25, 0.3) is 22.3 Å². The van der Waals surface area contributed by atoms with Gasteiger partial charge in [-0.05, 0) is 62.9 Å². The Balaban J connectivity index is 1.76. The number of imidazole rings is 1. The molecule has 40 heavy (non-hydrogen) atoms. The number of hydrogen-bond acceptors (Lipinski definition) is 9. The molecule has 0 unspecified atom stereocenters. The second-order valence-electron chi connectivity index (χ2n) is 9.99. The van der Waals surface area contributed by atoms with E-state index in [1.54, 1.807) is 19.3 Å². The van der Waals surface area contributed by atoms with Crippen molar-refractivity contribution in [3.05, 3.63) is 56.7 Å². The highest BCUT2D eigenvalue weighted by Crippen LogP contribution is 2.39. The molecule has 0 fully saturated rings. The van der Waals surface area contributed by atoms with Crippen molar-refractivity contribution < 1.29 is 14.1 Å². The van der Waals surface area contributed by atoms with Crippen molar-refractivity contribution in [3.8, 4) is 17.0 Å². The fourth-order valence-electron chi connectivity index (χ4n) is 4.55. The first-order valence-electron chi connectivity index (χ1n) is 12.6. The Morgan fingerprint density at radius 3 is 2.52 bits per heavy atom. The maximum absolute atomic E-state index is 15.2. The molecule has 0 aliphatic carbocycles. The molecule has 0 atom stereocenters. The molecule has 13 heteroatoms. The monoisotopic (exact) mass is 614 g/mol. The van der Waals surface area contributed by atoms with Gasteiger partial charge in [0.2, 0.25) is 5.95 Å². The lowest BCUT2D eigenvalue weighted by atomic mass is 10.1. The Labute approximate surface area is 240 Å². The van der Waals surface area contributed by atoms with Crippen LogP contribution in [0, 0.1) is 22.9 Å².